The van der Waals surface area contributed by atoms with Gasteiger partial charge in [-0.15, -0.1) is 0 Å². The van der Waals surface area contributed by atoms with Crippen molar-refractivity contribution in [3.63, 3.8) is 0 Å². The van der Waals surface area contributed by atoms with E-state index >= 15 is 0 Å². The van der Waals surface area contributed by atoms with Gasteiger partial charge in [-0.2, -0.15) is 0 Å². The molecule has 92 valence electrons. The van der Waals surface area contributed by atoms with E-state index in [1.807, 2.05) is 6.20 Å². The molecule has 0 saturated carbocycles. The zero-order valence-corrected chi connectivity index (χ0v) is 11.9. The van der Waals surface area contributed by atoms with Crippen LogP contribution in [-0.2, 0) is 19.3 Å². The van der Waals surface area contributed by atoms with E-state index in [2.05, 4.69) is 46.0 Å². The average Bonchev–Trinajstić information content (AvgIpc) is 2.53. The molecule has 2 N–H and O–H groups in total. The molecule has 0 aliphatic heterocycles. The third kappa shape index (κ3) is 1.93. The molecule has 1 aromatic carbocycles. The summed E-state index contributed by atoms with van der Waals surface area (Å²) in [5.74, 6) is 0. The number of nitrogens with two attached hydrogens (primary N) is 1. The van der Waals surface area contributed by atoms with Gasteiger partial charge in [-0.05, 0) is 64.0 Å². The van der Waals surface area contributed by atoms with Gasteiger partial charge < -0.3 is 5.73 Å². The summed E-state index contributed by atoms with van der Waals surface area (Å²) in [6.07, 6.45) is 4.79. The third-order valence-corrected chi connectivity index (χ3v) is 4.13. The van der Waals surface area contributed by atoms with Crippen LogP contribution in [0.2, 0.25) is 0 Å². The lowest BCUT2D eigenvalue weighted by atomic mass is 9.98. The van der Waals surface area contributed by atoms with Gasteiger partial charge in [-0.25, -0.2) is 0 Å². The van der Waals surface area contributed by atoms with Crippen LogP contribution in [0.3, 0.4) is 0 Å². The van der Waals surface area contributed by atoms with Gasteiger partial charge in [0.1, 0.15) is 0 Å². The molecular formula is C15H15BrN2. The predicted molar refractivity (Wildman–Crippen MR) is 77.7 cm³/mol. The number of hydrogen-bond acceptors (Lipinski definition) is 2. The number of aromatic nitrogens is 1. The molecule has 0 bridgehead atoms. The number of benzene rings is 1. The van der Waals surface area contributed by atoms with Crippen molar-refractivity contribution in [1.82, 2.24) is 4.98 Å². The quantitative estimate of drug-likeness (QED) is 0.757. The Morgan fingerprint density at radius 2 is 2.06 bits per heavy atom. The number of nitrogens with zero attached hydrogens (tertiary/aromatic N) is 1. The van der Waals surface area contributed by atoms with Crippen LogP contribution in [0.15, 0.2) is 28.9 Å². The van der Waals surface area contributed by atoms with Gasteiger partial charge in [0.25, 0.3) is 0 Å². The molecule has 1 aliphatic carbocycles. The summed E-state index contributed by atoms with van der Waals surface area (Å²) in [4.78, 5) is 4.54. The van der Waals surface area contributed by atoms with Gasteiger partial charge in [-0.3, -0.25) is 4.98 Å². The Bertz CT molecular complexity index is 620. The molecular weight excluding hydrogens is 288 g/mol. The van der Waals surface area contributed by atoms with E-state index in [9.17, 15) is 0 Å². The van der Waals surface area contributed by atoms with Gasteiger partial charge in [-0.1, -0.05) is 12.1 Å². The van der Waals surface area contributed by atoms with Gasteiger partial charge in [0.15, 0.2) is 0 Å². The Hall–Kier alpha value is -1.35. The van der Waals surface area contributed by atoms with Gasteiger partial charge in [0, 0.05) is 28.5 Å². The van der Waals surface area contributed by atoms with Crippen LogP contribution in [0.25, 0.3) is 0 Å². The van der Waals surface area contributed by atoms with Crippen LogP contribution in [-0.4, -0.2) is 4.98 Å². The lowest BCUT2D eigenvalue weighted by Crippen LogP contribution is -2.01. The Kier molecular flexibility index (Phi) is 2.86. The van der Waals surface area contributed by atoms with E-state index in [1.54, 1.807) is 0 Å². The van der Waals surface area contributed by atoms with Gasteiger partial charge in [0.2, 0.25) is 0 Å². The lowest BCUT2D eigenvalue weighted by Gasteiger charge is -2.11. The number of anilines is 1. The van der Waals surface area contributed by atoms with Crippen molar-refractivity contribution in [2.75, 3.05) is 5.73 Å². The second-order valence-electron chi connectivity index (χ2n) is 4.87. The first kappa shape index (κ1) is 11.7. The van der Waals surface area contributed by atoms with Crippen molar-refractivity contribution < 1.29 is 0 Å². The SMILES string of the molecule is Cc1ccc2c(c1N)CCc1cc(Br)cnc1C2. The lowest BCUT2D eigenvalue weighted by molar-refractivity contribution is 0.950. The predicted octanol–water partition coefficient (Wildman–Crippen LogP) is 3.42. The fraction of sp³-hybridized carbons (Fsp3) is 0.267. The monoisotopic (exact) mass is 302 g/mol. The summed E-state index contributed by atoms with van der Waals surface area (Å²) in [7, 11) is 0. The number of pyridine rings is 1. The molecule has 1 aliphatic rings. The molecule has 2 nitrogen and oxygen atoms in total. The van der Waals surface area contributed by atoms with Crippen molar-refractivity contribution in [1.29, 1.82) is 0 Å². The van der Waals surface area contributed by atoms with Crippen molar-refractivity contribution in [3.8, 4) is 0 Å². The topological polar surface area (TPSA) is 38.9 Å². The van der Waals surface area contributed by atoms with Crippen molar-refractivity contribution >= 4 is 21.6 Å². The van der Waals surface area contributed by atoms with E-state index in [0.29, 0.717) is 0 Å². The smallest absolute Gasteiger partial charge is 0.0480 e. The van der Waals surface area contributed by atoms with Crippen molar-refractivity contribution in [3.05, 3.63) is 56.8 Å². The normalized spacial score (nSPS) is 13.7. The van der Waals surface area contributed by atoms with E-state index in [1.165, 1.54) is 27.9 Å². The van der Waals surface area contributed by atoms with Crippen LogP contribution in [0.5, 0.6) is 0 Å². The zero-order valence-electron chi connectivity index (χ0n) is 10.3. The Labute approximate surface area is 115 Å². The fourth-order valence-electron chi connectivity index (χ4n) is 2.61. The second-order valence-corrected chi connectivity index (χ2v) is 5.79. The highest BCUT2D eigenvalue weighted by Gasteiger charge is 2.17. The Morgan fingerprint density at radius 1 is 1.22 bits per heavy atom. The molecule has 0 fully saturated rings. The zero-order chi connectivity index (χ0) is 12.7. The largest absolute Gasteiger partial charge is 0.398 e. The summed E-state index contributed by atoms with van der Waals surface area (Å²) in [5, 5.41) is 0. The third-order valence-electron chi connectivity index (χ3n) is 3.70. The molecule has 0 atom stereocenters. The highest BCUT2D eigenvalue weighted by Crippen LogP contribution is 2.29. The second kappa shape index (κ2) is 4.39. The van der Waals surface area contributed by atoms with E-state index < -0.39 is 0 Å². The van der Waals surface area contributed by atoms with E-state index in [0.717, 1.165) is 29.4 Å². The van der Waals surface area contributed by atoms with Gasteiger partial charge >= 0.3 is 0 Å². The summed E-state index contributed by atoms with van der Waals surface area (Å²) >= 11 is 3.49. The standard InChI is InChI=1S/C15H15BrN2/c1-9-2-3-10-7-14-11(6-12(16)8-18-14)4-5-13(10)15(9)17/h2-3,6,8H,4-5,7,17H2,1H3. The molecule has 0 spiro atoms. The molecule has 1 aromatic heterocycles. The summed E-state index contributed by atoms with van der Waals surface area (Å²) in [6.45, 7) is 2.07. The molecule has 2 aromatic rings. The Balaban J connectivity index is 2.11. The fourth-order valence-corrected chi connectivity index (χ4v) is 2.99. The number of halogens is 1. The number of rotatable bonds is 0. The minimum atomic E-state index is 0.891. The van der Waals surface area contributed by atoms with Crippen LogP contribution >= 0.6 is 15.9 Å². The Morgan fingerprint density at radius 3 is 2.89 bits per heavy atom. The van der Waals surface area contributed by atoms with Crippen molar-refractivity contribution in [2.45, 2.75) is 26.2 Å². The molecule has 18 heavy (non-hydrogen) atoms. The molecule has 3 rings (SSSR count). The first-order chi connectivity index (χ1) is 8.65. The highest BCUT2D eigenvalue weighted by atomic mass is 79.9. The summed E-state index contributed by atoms with van der Waals surface area (Å²) in [5.41, 5.74) is 13.5. The van der Waals surface area contributed by atoms with E-state index in [-0.39, 0.29) is 0 Å². The molecule has 0 saturated heterocycles. The highest BCUT2D eigenvalue weighted by molar-refractivity contribution is 9.10. The van der Waals surface area contributed by atoms with Crippen LogP contribution < -0.4 is 5.73 Å². The minimum Gasteiger partial charge on any atom is -0.398 e. The van der Waals surface area contributed by atoms with Gasteiger partial charge in [0.05, 0.1) is 0 Å². The van der Waals surface area contributed by atoms with Crippen LogP contribution in [0.1, 0.15) is 27.9 Å². The molecule has 3 heteroatoms. The van der Waals surface area contributed by atoms with Crippen LogP contribution in [0.4, 0.5) is 5.69 Å². The first-order valence-corrected chi connectivity index (χ1v) is 6.94. The number of nitrogen functional groups attached to an aromatic ring is 1. The number of fused-ring (bicyclic) bond motifs is 2. The maximum absolute atomic E-state index is 6.21. The van der Waals surface area contributed by atoms with E-state index in [4.69, 9.17) is 5.73 Å². The maximum atomic E-state index is 6.21. The minimum absolute atomic E-state index is 0.891. The number of hydrogen-bond donors (Lipinski definition) is 1. The maximum Gasteiger partial charge on any atom is 0.0480 e. The number of aryl methyl sites for hydroxylation is 2. The van der Waals surface area contributed by atoms with Crippen molar-refractivity contribution in [2.24, 2.45) is 0 Å². The molecule has 0 unspecified atom stereocenters. The molecule has 0 amide bonds. The molecule has 0 radical (unpaired) electrons. The van der Waals surface area contributed by atoms with Crippen LogP contribution in [0, 0.1) is 6.92 Å². The summed E-state index contributed by atoms with van der Waals surface area (Å²) in [6, 6.07) is 6.48. The summed E-state index contributed by atoms with van der Waals surface area (Å²) < 4.78 is 1.05. The average molecular weight is 303 g/mol. The first-order valence-electron chi connectivity index (χ1n) is 6.15. The molecule has 1 heterocycles.